The van der Waals surface area contributed by atoms with E-state index in [9.17, 15) is 9.18 Å². The molecule has 3 aromatic rings. The molecule has 27 heavy (non-hydrogen) atoms. The van der Waals surface area contributed by atoms with Crippen LogP contribution in [0.1, 0.15) is 17.4 Å². The number of rotatable bonds is 3. The standard InChI is InChI=1S/C19H18FN5OS/c1-13-11-24(17-5-3-2-4-14(17)20)8-9-25(13)19(26)16-12-27-18(23-16)15-10-21-6-7-22-15/h2-7,10,12-13H,8-9,11H2,1H3. The molecule has 1 saturated heterocycles. The van der Waals surface area contributed by atoms with Crippen LogP contribution in [0.15, 0.2) is 48.2 Å². The molecule has 0 bridgehead atoms. The first-order valence-corrected chi connectivity index (χ1v) is 9.54. The smallest absolute Gasteiger partial charge is 0.273 e. The molecule has 0 saturated carbocycles. The molecule has 0 aliphatic carbocycles. The summed E-state index contributed by atoms with van der Waals surface area (Å²) < 4.78 is 14.0. The Balaban J connectivity index is 1.48. The van der Waals surface area contributed by atoms with E-state index in [4.69, 9.17) is 0 Å². The topological polar surface area (TPSA) is 62.2 Å². The highest BCUT2D eigenvalue weighted by molar-refractivity contribution is 7.13. The molecule has 0 radical (unpaired) electrons. The van der Waals surface area contributed by atoms with Crippen molar-refractivity contribution in [3.63, 3.8) is 0 Å². The van der Waals surface area contributed by atoms with Crippen molar-refractivity contribution in [1.82, 2.24) is 19.9 Å². The van der Waals surface area contributed by atoms with Crippen molar-refractivity contribution >= 4 is 22.9 Å². The van der Waals surface area contributed by atoms with E-state index < -0.39 is 0 Å². The number of halogens is 1. The van der Waals surface area contributed by atoms with Crippen LogP contribution in [0.2, 0.25) is 0 Å². The van der Waals surface area contributed by atoms with Gasteiger partial charge in [0.05, 0.1) is 11.9 Å². The van der Waals surface area contributed by atoms with Gasteiger partial charge in [0.15, 0.2) is 0 Å². The van der Waals surface area contributed by atoms with E-state index in [1.807, 2.05) is 17.9 Å². The van der Waals surface area contributed by atoms with Crippen molar-refractivity contribution in [2.75, 3.05) is 24.5 Å². The maximum Gasteiger partial charge on any atom is 0.273 e. The zero-order valence-electron chi connectivity index (χ0n) is 14.7. The first kappa shape index (κ1) is 17.5. The zero-order valence-corrected chi connectivity index (χ0v) is 15.6. The summed E-state index contributed by atoms with van der Waals surface area (Å²) >= 11 is 1.37. The monoisotopic (exact) mass is 383 g/mol. The van der Waals surface area contributed by atoms with Gasteiger partial charge in [0, 0.05) is 43.4 Å². The molecule has 1 fully saturated rings. The highest BCUT2D eigenvalue weighted by Gasteiger charge is 2.30. The van der Waals surface area contributed by atoms with Gasteiger partial charge in [-0.3, -0.25) is 14.8 Å². The lowest BCUT2D eigenvalue weighted by atomic mass is 10.1. The number of piperazine rings is 1. The normalized spacial score (nSPS) is 17.2. The lowest BCUT2D eigenvalue weighted by molar-refractivity contribution is 0.0668. The molecule has 6 nitrogen and oxygen atoms in total. The second-order valence-electron chi connectivity index (χ2n) is 6.37. The predicted octanol–water partition coefficient (Wildman–Crippen LogP) is 3.09. The van der Waals surface area contributed by atoms with E-state index in [0.29, 0.717) is 41.7 Å². The second kappa shape index (κ2) is 7.40. The maximum atomic E-state index is 14.0. The summed E-state index contributed by atoms with van der Waals surface area (Å²) in [6.07, 6.45) is 4.82. The van der Waals surface area contributed by atoms with Crippen molar-refractivity contribution in [1.29, 1.82) is 0 Å². The Bertz CT molecular complexity index is 948. The van der Waals surface area contributed by atoms with E-state index in [2.05, 4.69) is 15.0 Å². The maximum absolute atomic E-state index is 14.0. The third kappa shape index (κ3) is 3.52. The Morgan fingerprint density at radius 2 is 2.11 bits per heavy atom. The van der Waals surface area contributed by atoms with Gasteiger partial charge in [0.25, 0.3) is 5.91 Å². The molecule has 1 unspecified atom stereocenters. The van der Waals surface area contributed by atoms with Crippen molar-refractivity contribution in [3.05, 3.63) is 59.7 Å². The number of hydrogen-bond donors (Lipinski definition) is 0. The molecule has 4 rings (SSSR count). The Morgan fingerprint density at radius 1 is 1.26 bits per heavy atom. The van der Waals surface area contributed by atoms with Crippen LogP contribution in [0.3, 0.4) is 0 Å². The Morgan fingerprint density at radius 3 is 2.85 bits per heavy atom. The summed E-state index contributed by atoms with van der Waals surface area (Å²) in [6.45, 7) is 3.65. The van der Waals surface area contributed by atoms with Gasteiger partial charge in [-0.1, -0.05) is 12.1 Å². The quantitative estimate of drug-likeness (QED) is 0.696. The fourth-order valence-electron chi connectivity index (χ4n) is 3.23. The van der Waals surface area contributed by atoms with Crippen LogP contribution in [-0.4, -0.2) is 51.4 Å². The fourth-order valence-corrected chi connectivity index (χ4v) is 3.99. The van der Waals surface area contributed by atoms with Crippen LogP contribution in [0.4, 0.5) is 10.1 Å². The third-order valence-corrected chi connectivity index (χ3v) is 5.45. The van der Waals surface area contributed by atoms with E-state index in [1.54, 1.807) is 41.0 Å². The van der Waals surface area contributed by atoms with Crippen LogP contribution in [-0.2, 0) is 0 Å². The molecule has 1 amide bonds. The number of hydrogen-bond acceptors (Lipinski definition) is 6. The van der Waals surface area contributed by atoms with E-state index >= 15 is 0 Å². The molecular weight excluding hydrogens is 365 g/mol. The van der Waals surface area contributed by atoms with E-state index in [0.717, 1.165) is 0 Å². The molecule has 2 aromatic heterocycles. The first-order chi connectivity index (χ1) is 13.1. The average Bonchev–Trinajstić information content (AvgIpc) is 3.19. The van der Waals surface area contributed by atoms with Crippen LogP contribution in [0.25, 0.3) is 10.7 Å². The Labute approximate surface area is 160 Å². The number of thiazole rings is 1. The van der Waals surface area contributed by atoms with Crippen LogP contribution in [0.5, 0.6) is 0 Å². The summed E-state index contributed by atoms with van der Waals surface area (Å²) in [4.78, 5) is 29.4. The van der Waals surface area contributed by atoms with Gasteiger partial charge in [-0.2, -0.15) is 0 Å². The molecule has 3 heterocycles. The summed E-state index contributed by atoms with van der Waals surface area (Å²) in [5, 5.41) is 2.42. The van der Waals surface area contributed by atoms with E-state index in [-0.39, 0.29) is 17.8 Å². The number of nitrogens with zero attached hydrogens (tertiary/aromatic N) is 5. The van der Waals surface area contributed by atoms with Gasteiger partial charge < -0.3 is 9.80 Å². The number of carbonyl (C=O) groups is 1. The van der Waals surface area contributed by atoms with Gasteiger partial charge in [0.2, 0.25) is 0 Å². The molecule has 8 heteroatoms. The number of para-hydroxylation sites is 1. The van der Waals surface area contributed by atoms with Gasteiger partial charge in [-0.05, 0) is 19.1 Å². The number of amides is 1. The highest BCUT2D eigenvalue weighted by atomic mass is 32.1. The minimum absolute atomic E-state index is 0.0486. The largest absolute Gasteiger partial charge is 0.365 e. The lowest BCUT2D eigenvalue weighted by Crippen LogP contribution is -2.54. The molecule has 1 atom stereocenters. The Hall–Kier alpha value is -2.87. The molecular formula is C19H18FN5OS. The van der Waals surface area contributed by atoms with Crippen LogP contribution < -0.4 is 4.90 Å². The van der Waals surface area contributed by atoms with Crippen molar-refractivity contribution in [2.24, 2.45) is 0 Å². The summed E-state index contributed by atoms with van der Waals surface area (Å²) in [5.41, 5.74) is 1.64. The van der Waals surface area contributed by atoms with Crippen LogP contribution in [0, 0.1) is 5.82 Å². The lowest BCUT2D eigenvalue weighted by Gasteiger charge is -2.40. The van der Waals surface area contributed by atoms with Gasteiger partial charge in [-0.15, -0.1) is 11.3 Å². The van der Waals surface area contributed by atoms with E-state index in [1.165, 1.54) is 17.4 Å². The highest BCUT2D eigenvalue weighted by Crippen LogP contribution is 2.25. The number of anilines is 1. The molecule has 1 aliphatic rings. The SMILES string of the molecule is CC1CN(c2ccccc2F)CCN1C(=O)c1csc(-c2cnccn2)n1. The molecule has 138 valence electrons. The minimum atomic E-state index is -0.238. The Kier molecular flexibility index (Phi) is 4.81. The summed E-state index contributed by atoms with van der Waals surface area (Å²) in [5.74, 6) is -0.348. The third-order valence-electron chi connectivity index (χ3n) is 4.59. The fraction of sp³-hybridized carbons (Fsp3) is 0.263. The molecule has 0 spiro atoms. The zero-order chi connectivity index (χ0) is 18.8. The predicted molar refractivity (Wildman–Crippen MR) is 102 cm³/mol. The molecule has 1 aromatic carbocycles. The molecule has 1 aliphatic heterocycles. The first-order valence-electron chi connectivity index (χ1n) is 8.66. The minimum Gasteiger partial charge on any atom is -0.365 e. The van der Waals surface area contributed by atoms with Gasteiger partial charge in [-0.25, -0.2) is 9.37 Å². The summed E-state index contributed by atoms with van der Waals surface area (Å²) in [6, 6.07) is 6.68. The van der Waals surface area contributed by atoms with Crippen molar-refractivity contribution in [2.45, 2.75) is 13.0 Å². The second-order valence-corrected chi connectivity index (χ2v) is 7.23. The van der Waals surface area contributed by atoms with Crippen molar-refractivity contribution < 1.29 is 9.18 Å². The van der Waals surface area contributed by atoms with Crippen LogP contribution >= 0.6 is 11.3 Å². The average molecular weight is 383 g/mol. The van der Waals surface area contributed by atoms with Crippen molar-refractivity contribution in [3.8, 4) is 10.7 Å². The molecule has 0 N–H and O–H groups in total. The summed E-state index contributed by atoms with van der Waals surface area (Å²) in [7, 11) is 0. The number of benzene rings is 1. The number of carbonyl (C=O) groups excluding carboxylic acids is 1. The van der Waals surface area contributed by atoms with Gasteiger partial charge >= 0.3 is 0 Å². The number of aromatic nitrogens is 3. The van der Waals surface area contributed by atoms with Gasteiger partial charge in [0.1, 0.15) is 22.2 Å².